The molecule has 0 bridgehead atoms. The highest BCUT2D eigenvalue weighted by molar-refractivity contribution is 6.02. The maximum atomic E-state index is 14.3. The number of benzene rings is 1. The molecule has 0 saturated carbocycles. The van der Waals surface area contributed by atoms with Gasteiger partial charge in [0.15, 0.2) is 0 Å². The van der Waals surface area contributed by atoms with E-state index >= 15 is 0 Å². The Balaban J connectivity index is 1.88. The number of carbonyl (C=O) groups is 1. The van der Waals surface area contributed by atoms with E-state index in [0.717, 1.165) is 12.3 Å². The molecular formula is C17H16F2N4O2. The van der Waals surface area contributed by atoms with Gasteiger partial charge in [-0.05, 0) is 37.3 Å². The normalized spacial score (nSPS) is 19.7. The van der Waals surface area contributed by atoms with Gasteiger partial charge < -0.3 is 15.8 Å². The van der Waals surface area contributed by atoms with Crippen molar-refractivity contribution in [3.63, 3.8) is 0 Å². The van der Waals surface area contributed by atoms with Gasteiger partial charge in [0.25, 0.3) is 11.9 Å². The van der Waals surface area contributed by atoms with Gasteiger partial charge in [-0.2, -0.15) is 0 Å². The van der Waals surface area contributed by atoms with Crippen LogP contribution >= 0.6 is 0 Å². The second kappa shape index (κ2) is 6.46. The molecule has 0 unspecified atom stereocenters. The number of pyridine rings is 1. The molecule has 1 aromatic carbocycles. The van der Waals surface area contributed by atoms with Crippen molar-refractivity contribution in [2.45, 2.75) is 18.9 Å². The molecule has 1 aromatic heterocycles. The predicted molar refractivity (Wildman–Crippen MR) is 88.1 cm³/mol. The van der Waals surface area contributed by atoms with Crippen LogP contribution in [0, 0.1) is 11.6 Å². The summed E-state index contributed by atoms with van der Waals surface area (Å²) in [6, 6.07) is 6.57. The molecule has 1 atom stereocenters. The number of amides is 1. The summed E-state index contributed by atoms with van der Waals surface area (Å²) in [6.45, 7) is 2.06. The van der Waals surface area contributed by atoms with E-state index in [-0.39, 0.29) is 11.7 Å². The maximum absolute atomic E-state index is 14.3. The van der Waals surface area contributed by atoms with E-state index in [2.05, 4.69) is 15.3 Å². The molecule has 3 rings (SSSR count). The van der Waals surface area contributed by atoms with Crippen LogP contribution in [0.2, 0.25) is 0 Å². The second-order valence-corrected chi connectivity index (χ2v) is 5.83. The minimum absolute atomic E-state index is 0.00176. The topological polar surface area (TPSA) is 89.6 Å². The lowest BCUT2D eigenvalue weighted by atomic mass is 9.88. The smallest absolute Gasteiger partial charge is 0.282 e. The van der Waals surface area contributed by atoms with Crippen molar-refractivity contribution in [3.8, 4) is 0 Å². The SMILES string of the molecule is C[C@@]1(c2cc(NC(=O)c3ccc(F)cn3)ccc2F)CCOC(N)=N1. The van der Waals surface area contributed by atoms with Gasteiger partial charge in [-0.3, -0.25) is 4.79 Å². The highest BCUT2D eigenvalue weighted by atomic mass is 19.1. The Labute approximate surface area is 142 Å². The molecule has 6 nitrogen and oxygen atoms in total. The van der Waals surface area contributed by atoms with Crippen molar-refractivity contribution in [1.82, 2.24) is 4.98 Å². The molecule has 25 heavy (non-hydrogen) atoms. The zero-order chi connectivity index (χ0) is 18.0. The predicted octanol–water partition coefficient (Wildman–Crippen LogP) is 2.56. The summed E-state index contributed by atoms with van der Waals surface area (Å²) in [5.41, 5.74) is 5.43. The number of rotatable bonds is 3. The Morgan fingerprint density at radius 3 is 2.80 bits per heavy atom. The third-order valence-electron chi connectivity index (χ3n) is 3.96. The Kier molecular flexibility index (Phi) is 4.35. The van der Waals surface area contributed by atoms with Gasteiger partial charge in [-0.25, -0.2) is 18.8 Å². The van der Waals surface area contributed by atoms with Gasteiger partial charge in [0, 0.05) is 17.7 Å². The van der Waals surface area contributed by atoms with Crippen molar-refractivity contribution in [2.24, 2.45) is 10.7 Å². The molecule has 130 valence electrons. The first-order valence-electron chi connectivity index (χ1n) is 7.58. The van der Waals surface area contributed by atoms with Crippen LogP contribution in [-0.2, 0) is 10.3 Å². The van der Waals surface area contributed by atoms with Gasteiger partial charge >= 0.3 is 0 Å². The summed E-state index contributed by atoms with van der Waals surface area (Å²) in [4.78, 5) is 20.1. The fourth-order valence-corrected chi connectivity index (χ4v) is 2.60. The Bertz CT molecular complexity index is 839. The molecule has 1 aliphatic heterocycles. The number of hydrogen-bond donors (Lipinski definition) is 2. The van der Waals surface area contributed by atoms with Crippen molar-refractivity contribution < 1.29 is 18.3 Å². The van der Waals surface area contributed by atoms with E-state index in [0.29, 0.717) is 24.3 Å². The average molecular weight is 346 g/mol. The molecular weight excluding hydrogens is 330 g/mol. The van der Waals surface area contributed by atoms with Gasteiger partial charge in [0.2, 0.25) is 0 Å². The van der Waals surface area contributed by atoms with Crippen molar-refractivity contribution in [2.75, 3.05) is 11.9 Å². The molecule has 0 fully saturated rings. The molecule has 8 heteroatoms. The molecule has 2 heterocycles. The fourth-order valence-electron chi connectivity index (χ4n) is 2.60. The Morgan fingerprint density at radius 2 is 2.12 bits per heavy atom. The van der Waals surface area contributed by atoms with Crippen LogP contribution in [0.25, 0.3) is 0 Å². The van der Waals surface area contributed by atoms with Crippen molar-refractivity contribution >= 4 is 17.6 Å². The first kappa shape index (κ1) is 16.8. The molecule has 0 spiro atoms. The first-order chi connectivity index (χ1) is 11.9. The molecule has 1 aliphatic rings. The standard InChI is InChI=1S/C17H16F2N4O2/c1-17(6-7-25-16(20)23-17)12-8-11(3-4-13(12)19)22-15(24)14-5-2-10(18)9-21-14/h2-5,8-9H,6-7H2,1H3,(H2,20,23)(H,22,24)/t17-/m0/s1. The van der Waals surface area contributed by atoms with Crippen molar-refractivity contribution in [1.29, 1.82) is 0 Å². The zero-order valence-corrected chi connectivity index (χ0v) is 13.4. The quantitative estimate of drug-likeness (QED) is 0.894. The number of nitrogens with one attached hydrogen (secondary N) is 1. The summed E-state index contributed by atoms with van der Waals surface area (Å²) in [5, 5.41) is 2.61. The number of amidine groups is 1. The van der Waals surface area contributed by atoms with Crippen LogP contribution in [0.15, 0.2) is 41.5 Å². The van der Waals surface area contributed by atoms with E-state index in [1.807, 2.05) is 0 Å². The second-order valence-electron chi connectivity index (χ2n) is 5.83. The molecule has 0 saturated heterocycles. The van der Waals surface area contributed by atoms with Crippen LogP contribution in [-0.4, -0.2) is 23.5 Å². The van der Waals surface area contributed by atoms with Crippen LogP contribution in [0.5, 0.6) is 0 Å². The van der Waals surface area contributed by atoms with Gasteiger partial charge in [-0.1, -0.05) is 0 Å². The van der Waals surface area contributed by atoms with E-state index < -0.39 is 23.1 Å². The van der Waals surface area contributed by atoms with E-state index in [4.69, 9.17) is 10.5 Å². The Morgan fingerprint density at radius 1 is 1.32 bits per heavy atom. The summed E-state index contributed by atoms with van der Waals surface area (Å²) in [7, 11) is 0. The summed E-state index contributed by atoms with van der Waals surface area (Å²) in [6.07, 6.45) is 1.40. The lowest BCUT2D eigenvalue weighted by Crippen LogP contribution is -2.34. The summed E-state index contributed by atoms with van der Waals surface area (Å²) < 4.78 is 32.3. The average Bonchev–Trinajstić information content (AvgIpc) is 2.57. The van der Waals surface area contributed by atoms with Crippen LogP contribution in [0.4, 0.5) is 14.5 Å². The van der Waals surface area contributed by atoms with Gasteiger partial charge in [-0.15, -0.1) is 0 Å². The zero-order valence-electron chi connectivity index (χ0n) is 13.4. The number of carbonyl (C=O) groups excluding carboxylic acids is 1. The number of nitrogens with two attached hydrogens (primary N) is 1. The minimum atomic E-state index is -0.888. The van der Waals surface area contributed by atoms with E-state index in [1.165, 1.54) is 24.3 Å². The molecule has 0 radical (unpaired) electrons. The lowest BCUT2D eigenvalue weighted by molar-refractivity contribution is 0.102. The number of aromatic nitrogens is 1. The highest BCUT2D eigenvalue weighted by Gasteiger charge is 2.33. The largest absolute Gasteiger partial charge is 0.465 e. The number of nitrogens with zero attached hydrogens (tertiary/aromatic N) is 2. The lowest BCUT2D eigenvalue weighted by Gasteiger charge is -2.30. The molecule has 3 N–H and O–H groups in total. The number of aliphatic imine (C=N–C) groups is 1. The first-order valence-corrected chi connectivity index (χ1v) is 7.58. The summed E-state index contributed by atoms with van der Waals surface area (Å²) >= 11 is 0. The van der Waals surface area contributed by atoms with Gasteiger partial charge in [0.05, 0.1) is 18.3 Å². The number of anilines is 1. The fraction of sp³-hybridized carbons (Fsp3) is 0.235. The van der Waals surface area contributed by atoms with E-state index in [1.54, 1.807) is 6.92 Å². The third-order valence-corrected chi connectivity index (χ3v) is 3.96. The molecule has 1 amide bonds. The number of halogens is 2. The minimum Gasteiger partial charge on any atom is -0.465 e. The molecule has 2 aromatic rings. The van der Waals surface area contributed by atoms with Gasteiger partial charge in [0.1, 0.15) is 17.3 Å². The number of hydrogen-bond acceptors (Lipinski definition) is 5. The number of ether oxygens (including phenoxy) is 1. The van der Waals surface area contributed by atoms with Crippen LogP contribution < -0.4 is 11.1 Å². The summed E-state index contributed by atoms with van der Waals surface area (Å²) in [5.74, 6) is -1.53. The van der Waals surface area contributed by atoms with Crippen LogP contribution in [0.1, 0.15) is 29.4 Å². The maximum Gasteiger partial charge on any atom is 0.282 e. The highest BCUT2D eigenvalue weighted by Crippen LogP contribution is 2.35. The Hall–Kier alpha value is -3.03. The van der Waals surface area contributed by atoms with Crippen LogP contribution in [0.3, 0.4) is 0 Å². The monoisotopic (exact) mass is 346 g/mol. The molecule has 0 aliphatic carbocycles. The third kappa shape index (κ3) is 3.57. The van der Waals surface area contributed by atoms with Crippen molar-refractivity contribution in [3.05, 3.63) is 59.4 Å². The van der Waals surface area contributed by atoms with E-state index in [9.17, 15) is 13.6 Å².